The van der Waals surface area contributed by atoms with Gasteiger partial charge in [0.25, 0.3) is 5.69 Å². The van der Waals surface area contributed by atoms with E-state index in [0.717, 1.165) is 34.3 Å². The van der Waals surface area contributed by atoms with Gasteiger partial charge in [0.1, 0.15) is 5.01 Å². The number of nitro benzene ring substituents is 1. The lowest BCUT2D eigenvalue weighted by Crippen LogP contribution is -2.30. The number of rotatable bonds is 3. The van der Waals surface area contributed by atoms with Gasteiger partial charge >= 0.3 is 0 Å². The minimum atomic E-state index is -0.379. The highest BCUT2D eigenvalue weighted by molar-refractivity contribution is 7.99. The van der Waals surface area contributed by atoms with Crippen molar-refractivity contribution in [2.45, 2.75) is 6.04 Å². The summed E-state index contributed by atoms with van der Waals surface area (Å²) in [4.78, 5) is 15.1. The van der Waals surface area contributed by atoms with E-state index in [0.29, 0.717) is 6.04 Å². The van der Waals surface area contributed by atoms with Crippen LogP contribution in [0.25, 0.3) is 11.3 Å². The fraction of sp³-hybridized carbons (Fsp3) is 0.308. The molecule has 3 rings (SSSR count). The number of hydrogen-bond donors (Lipinski definition) is 1. The summed E-state index contributed by atoms with van der Waals surface area (Å²) < 4.78 is 0. The van der Waals surface area contributed by atoms with Gasteiger partial charge in [0, 0.05) is 41.1 Å². The van der Waals surface area contributed by atoms with Crippen LogP contribution in [0.4, 0.5) is 5.69 Å². The van der Waals surface area contributed by atoms with Crippen LogP contribution in [0.2, 0.25) is 0 Å². The highest BCUT2D eigenvalue weighted by atomic mass is 32.2. The summed E-state index contributed by atoms with van der Waals surface area (Å²) in [6.45, 7) is 1.00. The standard InChI is InChI=1S/C13H13N3O2S2/c17-16(18)10-3-1-2-9(6-10)11-8-20-13(15-11)12-7-19-5-4-14-12/h1-3,6,8,12,14H,4-5,7H2. The minimum Gasteiger partial charge on any atom is -0.306 e. The van der Waals surface area contributed by atoms with Gasteiger partial charge < -0.3 is 5.32 Å². The van der Waals surface area contributed by atoms with Gasteiger partial charge in [-0.05, 0) is 0 Å². The molecule has 7 heteroatoms. The third-order valence-electron chi connectivity index (χ3n) is 3.09. The van der Waals surface area contributed by atoms with Gasteiger partial charge in [0.15, 0.2) is 0 Å². The van der Waals surface area contributed by atoms with E-state index in [-0.39, 0.29) is 10.6 Å². The Morgan fingerprint density at radius 2 is 2.35 bits per heavy atom. The van der Waals surface area contributed by atoms with Crippen molar-refractivity contribution in [2.75, 3.05) is 18.1 Å². The summed E-state index contributed by atoms with van der Waals surface area (Å²) >= 11 is 3.53. The molecule has 104 valence electrons. The topological polar surface area (TPSA) is 68.1 Å². The third-order valence-corrected chi connectivity index (χ3v) is 5.11. The number of thioether (sulfide) groups is 1. The summed E-state index contributed by atoms with van der Waals surface area (Å²) in [5.74, 6) is 2.17. The minimum absolute atomic E-state index is 0.100. The summed E-state index contributed by atoms with van der Waals surface area (Å²) in [5, 5.41) is 17.3. The lowest BCUT2D eigenvalue weighted by atomic mass is 10.1. The summed E-state index contributed by atoms with van der Waals surface area (Å²) in [7, 11) is 0. The number of nitrogens with zero attached hydrogens (tertiary/aromatic N) is 2. The maximum atomic E-state index is 10.8. The number of thiazole rings is 1. The smallest absolute Gasteiger partial charge is 0.270 e. The Hall–Kier alpha value is -1.44. The number of aromatic nitrogens is 1. The number of nitro groups is 1. The van der Waals surface area contributed by atoms with Crippen LogP contribution in [-0.4, -0.2) is 28.0 Å². The van der Waals surface area contributed by atoms with Crippen LogP contribution >= 0.6 is 23.1 Å². The highest BCUT2D eigenvalue weighted by Crippen LogP contribution is 2.30. The molecule has 20 heavy (non-hydrogen) atoms. The van der Waals surface area contributed by atoms with E-state index in [1.807, 2.05) is 23.2 Å². The summed E-state index contributed by atoms with van der Waals surface area (Å²) in [6, 6.07) is 6.92. The molecule has 1 unspecified atom stereocenters. The van der Waals surface area contributed by atoms with Crippen molar-refractivity contribution >= 4 is 28.8 Å². The Labute approximate surface area is 124 Å². The predicted octanol–water partition coefficient (Wildman–Crippen LogP) is 3.10. The van der Waals surface area contributed by atoms with Crippen molar-refractivity contribution in [3.05, 3.63) is 44.8 Å². The SMILES string of the molecule is O=[N+]([O-])c1cccc(-c2csc(C3CSCCN3)n2)c1. The first-order chi connectivity index (χ1) is 9.74. The van der Waals surface area contributed by atoms with Crippen LogP contribution in [-0.2, 0) is 0 Å². The van der Waals surface area contributed by atoms with Crippen LogP contribution in [0.3, 0.4) is 0 Å². The molecule has 1 aliphatic heterocycles. The van der Waals surface area contributed by atoms with Gasteiger partial charge in [-0.2, -0.15) is 11.8 Å². The molecule has 0 aliphatic carbocycles. The van der Waals surface area contributed by atoms with E-state index in [1.54, 1.807) is 23.5 Å². The van der Waals surface area contributed by atoms with Crippen molar-refractivity contribution < 1.29 is 4.92 Å². The first-order valence-corrected chi connectivity index (χ1v) is 8.29. The van der Waals surface area contributed by atoms with Crippen LogP contribution in [0.5, 0.6) is 0 Å². The third kappa shape index (κ3) is 2.84. The Morgan fingerprint density at radius 1 is 1.45 bits per heavy atom. The monoisotopic (exact) mass is 307 g/mol. The van der Waals surface area contributed by atoms with Crippen molar-refractivity contribution in [1.29, 1.82) is 0 Å². The van der Waals surface area contributed by atoms with E-state index < -0.39 is 0 Å². The van der Waals surface area contributed by atoms with Crippen molar-refractivity contribution in [2.24, 2.45) is 0 Å². The molecule has 0 bridgehead atoms. The van der Waals surface area contributed by atoms with E-state index in [2.05, 4.69) is 10.3 Å². The second-order valence-corrected chi connectivity index (χ2v) is 6.50. The van der Waals surface area contributed by atoms with Crippen LogP contribution < -0.4 is 5.32 Å². The molecular formula is C13H13N3O2S2. The fourth-order valence-corrected chi connectivity index (χ4v) is 4.03. The molecule has 2 heterocycles. The molecule has 1 aliphatic rings. The molecule has 0 amide bonds. The van der Waals surface area contributed by atoms with Gasteiger partial charge in [-0.15, -0.1) is 11.3 Å². The van der Waals surface area contributed by atoms with E-state index in [4.69, 9.17) is 0 Å². The Kier molecular flexibility index (Phi) is 4.00. The number of hydrogen-bond acceptors (Lipinski definition) is 6. The average molecular weight is 307 g/mol. The summed E-state index contributed by atoms with van der Waals surface area (Å²) in [5.41, 5.74) is 1.71. The maximum Gasteiger partial charge on any atom is 0.270 e. The normalized spacial score (nSPS) is 18.9. The second kappa shape index (κ2) is 5.90. The van der Waals surface area contributed by atoms with Crippen LogP contribution in [0, 0.1) is 10.1 Å². The van der Waals surface area contributed by atoms with Crippen LogP contribution in [0.15, 0.2) is 29.6 Å². The number of non-ortho nitro benzene ring substituents is 1. The fourth-order valence-electron chi connectivity index (χ4n) is 2.08. The molecule has 1 fully saturated rings. The molecule has 0 saturated carbocycles. The first kappa shape index (κ1) is 13.5. The highest BCUT2D eigenvalue weighted by Gasteiger charge is 2.19. The zero-order valence-electron chi connectivity index (χ0n) is 10.6. The Morgan fingerprint density at radius 3 is 3.10 bits per heavy atom. The summed E-state index contributed by atoms with van der Waals surface area (Å²) in [6.07, 6.45) is 0. The quantitative estimate of drug-likeness (QED) is 0.697. The molecule has 1 aromatic carbocycles. The van der Waals surface area contributed by atoms with Crippen molar-refractivity contribution in [3.8, 4) is 11.3 Å². The second-order valence-electron chi connectivity index (χ2n) is 4.46. The van der Waals surface area contributed by atoms with Gasteiger partial charge in [0.05, 0.1) is 16.7 Å². The average Bonchev–Trinajstić information content (AvgIpc) is 2.98. The first-order valence-electron chi connectivity index (χ1n) is 6.25. The molecule has 1 saturated heterocycles. The van der Waals surface area contributed by atoms with Gasteiger partial charge in [-0.1, -0.05) is 12.1 Å². The van der Waals surface area contributed by atoms with Gasteiger partial charge in [-0.25, -0.2) is 4.98 Å². The van der Waals surface area contributed by atoms with Crippen molar-refractivity contribution in [3.63, 3.8) is 0 Å². The zero-order valence-corrected chi connectivity index (χ0v) is 12.2. The lowest BCUT2D eigenvalue weighted by Gasteiger charge is -2.20. The molecule has 5 nitrogen and oxygen atoms in total. The molecule has 0 spiro atoms. The Bertz CT molecular complexity index is 624. The predicted molar refractivity (Wildman–Crippen MR) is 82.3 cm³/mol. The van der Waals surface area contributed by atoms with Gasteiger partial charge in [0.2, 0.25) is 0 Å². The number of nitrogens with one attached hydrogen (secondary N) is 1. The zero-order chi connectivity index (χ0) is 13.9. The van der Waals surface area contributed by atoms with E-state index in [1.165, 1.54) is 6.07 Å². The molecule has 1 aromatic heterocycles. The van der Waals surface area contributed by atoms with Crippen molar-refractivity contribution in [1.82, 2.24) is 10.3 Å². The molecule has 0 radical (unpaired) electrons. The number of benzene rings is 1. The molecule has 1 atom stereocenters. The van der Waals surface area contributed by atoms with E-state index >= 15 is 0 Å². The molecule has 2 aromatic rings. The largest absolute Gasteiger partial charge is 0.306 e. The van der Waals surface area contributed by atoms with Crippen LogP contribution in [0.1, 0.15) is 11.0 Å². The molecular weight excluding hydrogens is 294 g/mol. The maximum absolute atomic E-state index is 10.8. The Balaban J connectivity index is 1.85. The van der Waals surface area contributed by atoms with Gasteiger partial charge in [-0.3, -0.25) is 10.1 Å². The molecule has 1 N–H and O–H groups in total. The lowest BCUT2D eigenvalue weighted by molar-refractivity contribution is -0.384. The van der Waals surface area contributed by atoms with E-state index in [9.17, 15) is 10.1 Å².